The van der Waals surface area contributed by atoms with Crippen LogP contribution in [0.5, 0.6) is 0 Å². The molecule has 1 aromatic heterocycles. The highest BCUT2D eigenvalue weighted by Gasteiger charge is 2.16. The zero-order valence-corrected chi connectivity index (χ0v) is 18.4. The number of hydrogen-bond acceptors (Lipinski definition) is 5. The summed E-state index contributed by atoms with van der Waals surface area (Å²) in [4.78, 5) is 17.8. The molecular formula is C20H26BrN3O3S. The molecule has 1 aliphatic rings. The number of rotatable bonds is 8. The van der Waals surface area contributed by atoms with Crippen LogP contribution in [-0.2, 0) is 16.6 Å². The number of piperazine rings is 1. The number of nitrogens with zero attached hydrogens (tertiary/aromatic N) is 2. The highest BCUT2D eigenvalue weighted by molar-refractivity contribution is 9.10. The first-order valence-corrected chi connectivity index (χ1v) is 11.6. The highest BCUT2D eigenvalue weighted by Crippen LogP contribution is 2.17. The minimum Gasteiger partial charge on any atom is -0.455 e. The van der Waals surface area contributed by atoms with Gasteiger partial charge < -0.3 is 14.6 Å². The molecular weight excluding hydrogens is 442 g/mol. The monoisotopic (exact) mass is 467 g/mol. The highest BCUT2D eigenvalue weighted by atomic mass is 79.9. The van der Waals surface area contributed by atoms with Crippen molar-refractivity contribution in [2.45, 2.75) is 17.6 Å². The Labute approximate surface area is 176 Å². The quantitative estimate of drug-likeness (QED) is 0.646. The van der Waals surface area contributed by atoms with Crippen LogP contribution in [-0.4, -0.2) is 65.7 Å². The third-order valence-electron chi connectivity index (χ3n) is 4.86. The van der Waals surface area contributed by atoms with Gasteiger partial charge in [-0.2, -0.15) is 0 Å². The molecule has 2 heterocycles. The molecule has 3 rings (SSSR count). The van der Waals surface area contributed by atoms with Crippen molar-refractivity contribution >= 4 is 32.6 Å². The number of likely N-dealkylation sites (N-methyl/N-ethyl adjacent to an activating group) is 1. The Hall–Kier alpha value is -1.48. The van der Waals surface area contributed by atoms with Crippen LogP contribution in [0.15, 0.2) is 50.2 Å². The van der Waals surface area contributed by atoms with Crippen LogP contribution in [0, 0.1) is 0 Å². The second kappa shape index (κ2) is 10.3. The molecule has 1 atom stereocenters. The normalized spacial score (nSPS) is 16.8. The first kappa shape index (κ1) is 21.2. The average molecular weight is 468 g/mol. The van der Waals surface area contributed by atoms with E-state index in [-0.39, 0.29) is 17.4 Å². The van der Waals surface area contributed by atoms with Gasteiger partial charge in [-0.3, -0.25) is 13.9 Å². The van der Waals surface area contributed by atoms with Crippen molar-refractivity contribution in [1.29, 1.82) is 0 Å². The largest absolute Gasteiger partial charge is 0.455 e. The average Bonchev–Trinajstić information content (AvgIpc) is 3.17. The fourth-order valence-electron chi connectivity index (χ4n) is 3.12. The molecule has 1 N–H and O–H groups in total. The molecule has 0 unspecified atom stereocenters. The van der Waals surface area contributed by atoms with E-state index in [4.69, 9.17) is 4.42 Å². The lowest BCUT2D eigenvalue weighted by Crippen LogP contribution is -2.48. The van der Waals surface area contributed by atoms with Crippen molar-refractivity contribution < 1.29 is 13.4 Å². The zero-order chi connectivity index (χ0) is 19.9. The van der Waals surface area contributed by atoms with Crippen molar-refractivity contribution in [3.05, 3.63) is 52.4 Å². The maximum Gasteiger partial charge on any atom is 0.287 e. The summed E-state index contributed by atoms with van der Waals surface area (Å²) in [6, 6.07) is 10.7. The van der Waals surface area contributed by atoms with E-state index in [2.05, 4.69) is 38.0 Å². The van der Waals surface area contributed by atoms with Gasteiger partial charge in [-0.15, -0.1) is 0 Å². The molecule has 1 aliphatic heterocycles. The van der Waals surface area contributed by atoms with Crippen LogP contribution in [0.1, 0.15) is 23.2 Å². The molecule has 152 valence electrons. The standard InChI is InChI=1S/C20H26BrN3O3S/c1-2-23-11-13-24(14-12-23)10-9-22-20(25)19-8-5-17(27-19)15-28(26)18-6-3-16(21)4-7-18/h3-8H,2,9-15H2,1H3,(H,22,25)/t28-/m0/s1. The van der Waals surface area contributed by atoms with E-state index < -0.39 is 10.8 Å². The lowest BCUT2D eigenvalue weighted by molar-refractivity contribution is 0.0909. The summed E-state index contributed by atoms with van der Waals surface area (Å²) >= 11 is 3.37. The number of hydrogen-bond donors (Lipinski definition) is 1. The second-order valence-corrected chi connectivity index (χ2v) is 9.11. The first-order chi connectivity index (χ1) is 13.5. The summed E-state index contributed by atoms with van der Waals surface area (Å²) in [5.41, 5.74) is 0. The van der Waals surface area contributed by atoms with Crippen molar-refractivity contribution in [3.8, 4) is 0 Å². The molecule has 1 amide bonds. The number of benzene rings is 1. The topological polar surface area (TPSA) is 65.8 Å². The van der Waals surface area contributed by atoms with Crippen molar-refractivity contribution in [2.24, 2.45) is 0 Å². The van der Waals surface area contributed by atoms with Gasteiger partial charge in [0.15, 0.2) is 5.76 Å². The number of carbonyl (C=O) groups excluding carboxylic acids is 1. The number of furan rings is 1. The Kier molecular flexibility index (Phi) is 7.84. The number of amides is 1. The molecule has 6 nitrogen and oxygen atoms in total. The molecule has 1 saturated heterocycles. The molecule has 28 heavy (non-hydrogen) atoms. The molecule has 8 heteroatoms. The summed E-state index contributed by atoms with van der Waals surface area (Å²) in [6.07, 6.45) is 0. The van der Waals surface area contributed by atoms with Crippen LogP contribution in [0.2, 0.25) is 0 Å². The van der Waals surface area contributed by atoms with E-state index in [0.717, 1.165) is 48.6 Å². The minimum atomic E-state index is -1.21. The molecule has 0 bridgehead atoms. The number of carbonyl (C=O) groups is 1. The predicted molar refractivity (Wildman–Crippen MR) is 114 cm³/mol. The maximum atomic E-state index is 12.4. The van der Waals surface area contributed by atoms with Crippen molar-refractivity contribution in [1.82, 2.24) is 15.1 Å². The Morgan fingerprint density at radius 3 is 2.46 bits per heavy atom. The van der Waals surface area contributed by atoms with Crippen molar-refractivity contribution in [3.63, 3.8) is 0 Å². The lowest BCUT2D eigenvalue weighted by Gasteiger charge is -2.33. The van der Waals surface area contributed by atoms with E-state index in [1.807, 2.05) is 24.3 Å². The molecule has 2 aromatic rings. The van der Waals surface area contributed by atoms with Crippen LogP contribution in [0.25, 0.3) is 0 Å². The smallest absolute Gasteiger partial charge is 0.287 e. The Balaban J connectivity index is 1.43. The molecule has 1 fully saturated rings. The SMILES string of the molecule is CCN1CCN(CCNC(=O)c2ccc(C[S@](=O)c3ccc(Br)cc3)o2)CC1. The summed E-state index contributed by atoms with van der Waals surface area (Å²) < 4.78 is 19.0. The molecule has 0 radical (unpaired) electrons. The maximum absolute atomic E-state index is 12.4. The van der Waals surface area contributed by atoms with Gasteiger partial charge in [0.25, 0.3) is 5.91 Å². The van der Waals surface area contributed by atoms with Crippen LogP contribution >= 0.6 is 15.9 Å². The van der Waals surface area contributed by atoms with Crippen molar-refractivity contribution in [2.75, 3.05) is 45.8 Å². The summed E-state index contributed by atoms with van der Waals surface area (Å²) in [5, 5.41) is 2.91. The van der Waals surface area contributed by atoms with E-state index >= 15 is 0 Å². The number of halogens is 1. The third-order valence-corrected chi connectivity index (χ3v) is 6.73. The van der Waals surface area contributed by atoms with Gasteiger partial charge in [-0.1, -0.05) is 22.9 Å². The summed E-state index contributed by atoms with van der Waals surface area (Å²) in [7, 11) is -1.21. The van der Waals surface area contributed by atoms with Crippen LogP contribution in [0.4, 0.5) is 0 Å². The molecule has 0 saturated carbocycles. The molecule has 0 aliphatic carbocycles. The van der Waals surface area contributed by atoms with E-state index in [1.54, 1.807) is 12.1 Å². The van der Waals surface area contributed by atoms with Gasteiger partial charge in [0.2, 0.25) is 0 Å². The lowest BCUT2D eigenvalue weighted by atomic mass is 10.3. The van der Waals surface area contributed by atoms with Gasteiger partial charge in [0, 0.05) is 48.6 Å². The van der Waals surface area contributed by atoms with Gasteiger partial charge in [-0.05, 0) is 42.9 Å². The minimum absolute atomic E-state index is 0.229. The fourth-order valence-corrected chi connectivity index (χ4v) is 4.40. The Morgan fingerprint density at radius 2 is 1.79 bits per heavy atom. The number of nitrogens with one attached hydrogen (secondary N) is 1. The van der Waals surface area contributed by atoms with Gasteiger partial charge in [-0.25, -0.2) is 0 Å². The Bertz CT molecular complexity index is 801. The fraction of sp³-hybridized carbons (Fsp3) is 0.450. The molecule has 1 aromatic carbocycles. The third kappa shape index (κ3) is 6.01. The van der Waals surface area contributed by atoms with Crippen LogP contribution < -0.4 is 5.32 Å². The van der Waals surface area contributed by atoms with Gasteiger partial charge in [0.1, 0.15) is 5.76 Å². The zero-order valence-electron chi connectivity index (χ0n) is 16.0. The second-order valence-electron chi connectivity index (χ2n) is 6.74. The molecule has 0 spiro atoms. The van der Waals surface area contributed by atoms with Gasteiger partial charge in [0.05, 0.1) is 16.6 Å². The van der Waals surface area contributed by atoms with E-state index in [1.165, 1.54) is 0 Å². The predicted octanol–water partition coefficient (Wildman–Crippen LogP) is 2.72. The van der Waals surface area contributed by atoms with E-state index in [0.29, 0.717) is 12.3 Å². The summed E-state index contributed by atoms with van der Waals surface area (Å²) in [5.74, 6) is 0.824. The van der Waals surface area contributed by atoms with E-state index in [9.17, 15) is 9.00 Å². The van der Waals surface area contributed by atoms with Crippen LogP contribution in [0.3, 0.4) is 0 Å². The first-order valence-electron chi connectivity index (χ1n) is 9.50. The Morgan fingerprint density at radius 1 is 1.11 bits per heavy atom. The summed E-state index contributed by atoms with van der Waals surface area (Å²) in [6.45, 7) is 8.95. The van der Waals surface area contributed by atoms with Gasteiger partial charge >= 0.3 is 0 Å².